The zero-order valence-corrected chi connectivity index (χ0v) is 22.1. The van der Waals surface area contributed by atoms with Gasteiger partial charge in [-0.1, -0.05) is 41.6 Å². The van der Waals surface area contributed by atoms with E-state index in [1.807, 2.05) is 12.1 Å². The fourth-order valence-corrected chi connectivity index (χ4v) is 6.34. The summed E-state index contributed by atoms with van der Waals surface area (Å²) in [5, 5.41) is 7.21. The Morgan fingerprint density at radius 3 is 2.36 bits per heavy atom. The number of sulfone groups is 1. The standard InChI is InChI=1S/C28H29N5O5S/c29-28-27(26-13-24(33-38-26)19-3-1-18(2-4-19)14-30-21-9-11-36-16-21)32-25(15-31-28)20-5-7-22(8-6-20)39(34,35)23-10-12-37-17-23/h1-8,13,15,21,23,30H,9-12,14,16-17H2,(H2,29,31). The highest BCUT2D eigenvalue weighted by Gasteiger charge is 2.31. The Labute approximate surface area is 226 Å². The van der Waals surface area contributed by atoms with Crippen molar-refractivity contribution in [3.05, 3.63) is 66.4 Å². The maximum atomic E-state index is 12.8. The largest absolute Gasteiger partial charge is 0.382 e. The van der Waals surface area contributed by atoms with Crippen LogP contribution >= 0.6 is 0 Å². The van der Waals surface area contributed by atoms with Crippen LogP contribution < -0.4 is 11.1 Å². The van der Waals surface area contributed by atoms with Gasteiger partial charge < -0.3 is 25.0 Å². The maximum Gasteiger partial charge on any atom is 0.189 e. The Kier molecular flexibility index (Phi) is 7.13. The summed E-state index contributed by atoms with van der Waals surface area (Å²) in [7, 11) is -3.44. The van der Waals surface area contributed by atoms with Crippen LogP contribution in [0, 0.1) is 0 Å². The molecule has 0 bridgehead atoms. The van der Waals surface area contributed by atoms with Crippen LogP contribution in [0.5, 0.6) is 0 Å². The predicted octanol–water partition coefficient (Wildman–Crippen LogP) is 3.49. The molecule has 0 radical (unpaired) electrons. The van der Waals surface area contributed by atoms with E-state index < -0.39 is 15.1 Å². The van der Waals surface area contributed by atoms with E-state index in [4.69, 9.17) is 19.7 Å². The van der Waals surface area contributed by atoms with E-state index in [2.05, 4.69) is 32.6 Å². The summed E-state index contributed by atoms with van der Waals surface area (Å²) in [4.78, 5) is 9.21. The lowest BCUT2D eigenvalue weighted by molar-refractivity contribution is 0.190. The van der Waals surface area contributed by atoms with E-state index in [9.17, 15) is 8.42 Å². The van der Waals surface area contributed by atoms with Gasteiger partial charge in [0.05, 0.1) is 35.2 Å². The van der Waals surface area contributed by atoms with Gasteiger partial charge in [0.2, 0.25) is 0 Å². The van der Waals surface area contributed by atoms with E-state index in [0.717, 1.165) is 31.7 Å². The van der Waals surface area contributed by atoms with Crippen molar-refractivity contribution in [2.75, 3.05) is 32.2 Å². The van der Waals surface area contributed by atoms with Crippen molar-refractivity contribution in [2.24, 2.45) is 0 Å². The van der Waals surface area contributed by atoms with Crippen molar-refractivity contribution in [2.45, 2.75) is 35.6 Å². The summed E-state index contributed by atoms with van der Waals surface area (Å²) < 4.78 is 41.9. The number of hydrogen-bond donors (Lipinski definition) is 2. The molecule has 6 rings (SSSR count). The molecule has 2 fully saturated rings. The molecule has 11 heteroatoms. The number of hydrogen-bond acceptors (Lipinski definition) is 10. The Balaban J connectivity index is 1.18. The first-order valence-electron chi connectivity index (χ1n) is 12.9. The van der Waals surface area contributed by atoms with Gasteiger partial charge in [-0.25, -0.2) is 18.4 Å². The molecule has 0 saturated carbocycles. The molecule has 0 amide bonds. The van der Waals surface area contributed by atoms with E-state index in [1.54, 1.807) is 36.5 Å². The average molecular weight is 548 g/mol. The Bertz CT molecular complexity index is 1540. The smallest absolute Gasteiger partial charge is 0.189 e. The van der Waals surface area contributed by atoms with E-state index in [0.29, 0.717) is 47.5 Å². The molecule has 2 aliphatic rings. The number of anilines is 1. The SMILES string of the molecule is Nc1ncc(-c2ccc(S(=O)(=O)C3CCOC3)cc2)nc1-c1cc(-c2ccc(CNC3CCOC3)cc2)no1. The van der Waals surface area contributed by atoms with Crippen LogP contribution in [0.1, 0.15) is 18.4 Å². The maximum absolute atomic E-state index is 12.8. The number of rotatable bonds is 8. The molecular formula is C28H29N5O5S. The normalized spacial score (nSPS) is 19.5. The molecule has 10 nitrogen and oxygen atoms in total. The topological polar surface area (TPSA) is 142 Å². The van der Waals surface area contributed by atoms with Crippen molar-refractivity contribution in [1.82, 2.24) is 20.4 Å². The van der Waals surface area contributed by atoms with Crippen molar-refractivity contribution in [1.29, 1.82) is 0 Å². The minimum Gasteiger partial charge on any atom is -0.382 e. The highest BCUT2D eigenvalue weighted by Crippen LogP contribution is 2.31. The minimum absolute atomic E-state index is 0.208. The van der Waals surface area contributed by atoms with Gasteiger partial charge in [-0.2, -0.15) is 0 Å². The molecule has 0 spiro atoms. The van der Waals surface area contributed by atoms with Gasteiger partial charge in [0.1, 0.15) is 5.69 Å². The summed E-state index contributed by atoms with van der Waals surface area (Å²) in [5.41, 5.74) is 10.5. The number of nitrogens with two attached hydrogens (primary N) is 1. The number of nitrogens with zero attached hydrogens (tertiary/aromatic N) is 3. The highest BCUT2D eigenvalue weighted by atomic mass is 32.2. The summed E-state index contributed by atoms with van der Waals surface area (Å²) >= 11 is 0. The average Bonchev–Trinajstić information content (AvgIpc) is 3.76. The summed E-state index contributed by atoms with van der Waals surface area (Å²) in [6.45, 7) is 3.05. The van der Waals surface area contributed by atoms with Crippen LogP contribution in [-0.4, -0.2) is 61.3 Å². The monoisotopic (exact) mass is 547 g/mol. The van der Waals surface area contributed by atoms with Gasteiger partial charge in [-0.05, 0) is 30.5 Å². The molecule has 0 aliphatic carbocycles. The predicted molar refractivity (Wildman–Crippen MR) is 145 cm³/mol. The van der Waals surface area contributed by atoms with Crippen LogP contribution in [0.15, 0.2) is 70.2 Å². The number of ether oxygens (including phenoxy) is 2. The Hall–Kier alpha value is -3.64. The molecule has 2 aliphatic heterocycles. The zero-order chi connectivity index (χ0) is 26.8. The van der Waals surface area contributed by atoms with Gasteiger partial charge in [-0.15, -0.1) is 0 Å². The third kappa shape index (κ3) is 5.44. The fourth-order valence-electron chi connectivity index (χ4n) is 4.76. The fraction of sp³-hybridized carbons (Fsp3) is 0.321. The molecule has 2 saturated heterocycles. The van der Waals surface area contributed by atoms with E-state index in [-0.39, 0.29) is 17.3 Å². The van der Waals surface area contributed by atoms with Gasteiger partial charge in [0.15, 0.2) is 27.1 Å². The van der Waals surface area contributed by atoms with Gasteiger partial charge in [0, 0.05) is 43.0 Å². The third-order valence-corrected chi connectivity index (χ3v) is 9.30. The minimum atomic E-state index is -3.44. The molecule has 2 aromatic carbocycles. The third-order valence-electron chi connectivity index (χ3n) is 7.12. The second-order valence-corrected chi connectivity index (χ2v) is 12.0. The quantitative estimate of drug-likeness (QED) is 0.336. The van der Waals surface area contributed by atoms with E-state index in [1.165, 1.54) is 5.56 Å². The molecule has 2 aromatic heterocycles. The lowest BCUT2D eigenvalue weighted by atomic mass is 10.1. The zero-order valence-electron chi connectivity index (χ0n) is 21.2. The van der Waals surface area contributed by atoms with E-state index >= 15 is 0 Å². The lowest BCUT2D eigenvalue weighted by Crippen LogP contribution is -2.28. The van der Waals surface area contributed by atoms with Crippen LogP contribution in [0.3, 0.4) is 0 Å². The summed E-state index contributed by atoms with van der Waals surface area (Å²) in [5.74, 6) is 0.600. The van der Waals surface area contributed by atoms with Crippen LogP contribution in [0.2, 0.25) is 0 Å². The second kappa shape index (κ2) is 10.9. The van der Waals surface area contributed by atoms with Crippen LogP contribution in [-0.2, 0) is 25.9 Å². The number of nitrogens with one attached hydrogen (secondary N) is 1. The molecule has 3 N–H and O–H groups in total. The van der Waals surface area contributed by atoms with Crippen LogP contribution in [0.25, 0.3) is 34.0 Å². The Morgan fingerprint density at radius 2 is 1.64 bits per heavy atom. The molecule has 39 heavy (non-hydrogen) atoms. The molecule has 2 atom stereocenters. The first kappa shape index (κ1) is 25.6. The summed E-state index contributed by atoms with van der Waals surface area (Å²) in [6, 6.07) is 16.9. The molecule has 4 heterocycles. The Morgan fingerprint density at radius 1 is 0.923 bits per heavy atom. The molecule has 202 valence electrons. The lowest BCUT2D eigenvalue weighted by Gasteiger charge is -2.10. The number of aromatic nitrogens is 3. The molecular weight excluding hydrogens is 518 g/mol. The molecule has 4 aromatic rings. The number of benzene rings is 2. The highest BCUT2D eigenvalue weighted by molar-refractivity contribution is 7.92. The first-order chi connectivity index (χ1) is 19.0. The van der Waals surface area contributed by atoms with Crippen LogP contribution in [0.4, 0.5) is 5.82 Å². The number of nitrogen functional groups attached to an aromatic ring is 1. The van der Waals surface area contributed by atoms with Crippen molar-refractivity contribution < 1.29 is 22.4 Å². The van der Waals surface area contributed by atoms with Gasteiger partial charge in [-0.3, -0.25) is 0 Å². The van der Waals surface area contributed by atoms with Crippen molar-refractivity contribution in [3.63, 3.8) is 0 Å². The summed E-state index contributed by atoms with van der Waals surface area (Å²) in [6.07, 6.45) is 3.10. The van der Waals surface area contributed by atoms with Gasteiger partial charge in [0.25, 0.3) is 0 Å². The first-order valence-corrected chi connectivity index (χ1v) is 14.4. The van der Waals surface area contributed by atoms with Gasteiger partial charge >= 0.3 is 0 Å². The van der Waals surface area contributed by atoms with Crippen molar-refractivity contribution >= 4 is 15.7 Å². The second-order valence-electron chi connectivity index (χ2n) is 9.76. The van der Waals surface area contributed by atoms with Crippen molar-refractivity contribution in [3.8, 4) is 34.0 Å². The molecule has 2 unspecified atom stereocenters.